The number of carbonyl (C=O) groups excluding carboxylic acids is 1. The number of fused-ring (bicyclic) bond motifs is 1. The van der Waals surface area contributed by atoms with E-state index < -0.39 is 0 Å². The molecule has 0 bridgehead atoms. The zero-order valence-electron chi connectivity index (χ0n) is 7.54. The summed E-state index contributed by atoms with van der Waals surface area (Å²) in [7, 11) is 0. The summed E-state index contributed by atoms with van der Waals surface area (Å²) in [6, 6.07) is 0. The van der Waals surface area contributed by atoms with E-state index in [0.717, 1.165) is 12.8 Å². The zero-order valence-corrected chi connectivity index (χ0v) is 7.54. The molecule has 2 nitrogen and oxygen atoms in total. The molecule has 1 unspecified atom stereocenters. The minimum Gasteiger partial charge on any atom is -0.434 e. The van der Waals surface area contributed by atoms with Crippen LogP contribution in [0, 0.1) is 17.8 Å². The molecule has 0 aromatic carbocycles. The molecule has 0 N–H and O–H groups in total. The largest absolute Gasteiger partial charge is 0.434 e. The van der Waals surface area contributed by atoms with Gasteiger partial charge in [0, 0.05) is 0 Å². The lowest BCUT2D eigenvalue weighted by molar-refractivity contribution is -0.146. The summed E-state index contributed by atoms with van der Waals surface area (Å²) >= 11 is 0. The fraction of sp³-hybridized carbons (Fsp3) is 0.700. The normalized spacial score (nSPS) is 40.3. The number of cyclic esters (lactones) is 1. The van der Waals surface area contributed by atoms with Crippen LogP contribution in [0.15, 0.2) is 11.8 Å². The first-order valence-corrected chi connectivity index (χ1v) is 4.57. The smallest absolute Gasteiger partial charge is 0.314 e. The maximum atomic E-state index is 11.4. The molecule has 1 saturated carbocycles. The van der Waals surface area contributed by atoms with E-state index in [1.54, 1.807) is 6.26 Å². The summed E-state index contributed by atoms with van der Waals surface area (Å²) in [5.74, 6) is 1.11. The van der Waals surface area contributed by atoms with Gasteiger partial charge in [-0.1, -0.05) is 6.92 Å². The molecule has 0 amide bonds. The average Bonchev–Trinajstić information content (AvgIpc) is 2.42. The molecule has 0 spiro atoms. The van der Waals surface area contributed by atoms with Gasteiger partial charge in [0.05, 0.1) is 12.2 Å². The highest BCUT2D eigenvalue weighted by molar-refractivity contribution is 5.75. The molecule has 0 saturated heterocycles. The second kappa shape index (κ2) is 2.61. The predicted octanol–water partition coefficient (Wildman–Crippen LogP) is 2.11. The van der Waals surface area contributed by atoms with Crippen molar-refractivity contribution in [2.75, 3.05) is 0 Å². The second-order valence-electron chi connectivity index (χ2n) is 3.99. The summed E-state index contributed by atoms with van der Waals surface area (Å²) in [5.41, 5.74) is 1.24. The molecule has 3 atom stereocenters. The van der Waals surface area contributed by atoms with Crippen LogP contribution in [0.25, 0.3) is 0 Å². The molecular weight excluding hydrogens is 152 g/mol. The minimum absolute atomic E-state index is 0.0180. The molecule has 1 heterocycles. The van der Waals surface area contributed by atoms with Crippen LogP contribution < -0.4 is 0 Å². The van der Waals surface area contributed by atoms with E-state index in [0.29, 0.717) is 11.8 Å². The summed E-state index contributed by atoms with van der Waals surface area (Å²) in [5, 5.41) is 0. The molecule has 1 aliphatic carbocycles. The van der Waals surface area contributed by atoms with Crippen molar-refractivity contribution in [2.45, 2.75) is 26.7 Å². The van der Waals surface area contributed by atoms with Crippen molar-refractivity contribution >= 4 is 5.97 Å². The number of esters is 1. The van der Waals surface area contributed by atoms with Gasteiger partial charge in [0.1, 0.15) is 0 Å². The van der Waals surface area contributed by atoms with E-state index in [4.69, 9.17) is 4.74 Å². The van der Waals surface area contributed by atoms with Crippen LogP contribution >= 0.6 is 0 Å². The molecule has 0 radical (unpaired) electrons. The third-order valence-corrected chi connectivity index (χ3v) is 3.20. The average molecular weight is 166 g/mol. The van der Waals surface area contributed by atoms with Crippen LogP contribution in [0.4, 0.5) is 0 Å². The minimum atomic E-state index is -0.0180. The predicted molar refractivity (Wildman–Crippen MR) is 45.2 cm³/mol. The van der Waals surface area contributed by atoms with Crippen molar-refractivity contribution in [1.29, 1.82) is 0 Å². The molecule has 1 aliphatic heterocycles. The molecule has 2 heteroatoms. The highest BCUT2D eigenvalue weighted by Crippen LogP contribution is 2.43. The van der Waals surface area contributed by atoms with Crippen molar-refractivity contribution in [3.63, 3.8) is 0 Å². The molecule has 12 heavy (non-hydrogen) atoms. The third-order valence-electron chi connectivity index (χ3n) is 3.20. The third kappa shape index (κ3) is 0.977. The van der Waals surface area contributed by atoms with Crippen molar-refractivity contribution in [1.82, 2.24) is 0 Å². The zero-order chi connectivity index (χ0) is 8.72. The Bertz CT molecular complexity index is 242. The van der Waals surface area contributed by atoms with Crippen LogP contribution in [-0.2, 0) is 9.53 Å². The van der Waals surface area contributed by atoms with E-state index in [9.17, 15) is 4.79 Å². The molecule has 0 aromatic heterocycles. The maximum absolute atomic E-state index is 11.4. The highest BCUT2D eigenvalue weighted by Gasteiger charge is 2.42. The Kier molecular flexibility index (Phi) is 1.71. The molecule has 0 aromatic rings. The van der Waals surface area contributed by atoms with E-state index in [1.165, 1.54) is 5.57 Å². The van der Waals surface area contributed by atoms with Gasteiger partial charge in [0.25, 0.3) is 0 Å². The van der Waals surface area contributed by atoms with Gasteiger partial charge in [-0.25, -0.2) is 0 Å². The van der Waals surface area contributed by atoms with Gasteiger partial charge < -0.3 is 4.74 Å². The van der Waals surface area contributed by atoms with E-state index in [2.05, 4.69) is 13.8 Å². The number of carbonyl (C=O) groups is 1. The number of allylic oxidation sites excluding steroid dienone is 1. The Labute approximate surface area is 72.6 Å². The lowest BCUT2D eigenvalue weighted by atomic mass is 9.85. The molecule has 2 aliphatic rings. The Balaban J connectivity index is 2.29. The summed E-state index contributed by atoms with van der Waals surface area (Å²) in [6.07, 6.45) is 3.94. The van der Waals surface area contributed by atoms with Gasteiger partial charge in [-0.3, -0.25) is 4.79 Å². The fourth-order valence-electron chi connectivity index (χ4n) is 2.42. The standard InChI is InChI=1S/C10H14O2/c1-6-3-4-8-7(2)5-12-10(11)9(6)8/h5-6,8-9H,3-4H2,1-2H3/t6-,8?,9+/m0/s1. The van der Waals surface area contributed by atoms with E-state index >= 15 is 0 Å². The number of hydrogen-bond acceptors (Lipinski definition) is 2. The first kappa shape index (κ1) is 7.84. The first-order chi connectivity index (χ1) is 5.70. The number of ether oxygens (including phenoxy) is 1. The quantitative estimate of drug-likeness (QED) is 0.515. The van der Waals surface area contributed by atoms with Crippen LogP contribution in [0.3, 0.4) is 0 Å². The monoisotopic (exact) mass is 166 g/mol. The second-order valence-corrected chi connectivity index (χ2v) is 3.99. The van der Waals surface area contributed by atoms with Gasteiger partial charge in [0.2, 0.25) is 0 Å². The maximum Gasteiger partial charge on any atom is 0.314 e. The van der Waals surface area contributed by atoms with Crippen molar-refractivity contribution in [3.05, 3.63) is 11.8 Å². The van der Waals surface area contributed by atoms with Gasteiger partial charge in [-0.05, 0) is 37.2 Å². The Morgan fingerprint density at radius 1 is 1.50 bits per heavy atom. The topological polar surface area (TPSA) is 26.3 Å². The summed E-state index contributed by atoms with van der Waals surface area (Å²) in [6.45, 7) is 4.20. The van der Waals surface area contributed by atoms with E-state index in [1.807, 2.05) is 0 Å². The van der Waals surface area contributed by atoms with Crippen molar-refractivity contribution in [2.24, 2.45) is 17.8 Å². The van der Waals surface area contributed by atoms with Gasteiger partial charge in [-0.15, -0.1) is 0 Å². The van der Waals surface area contributed by atoms with Gasteiger partial charge >= 0.3 is 5.97 Å². The SMILES string of the molecule is CC1=COC(=O)[C@H]2C1CC[C@@H]2C. The number of hydrogen-bond donors (Lipinski definition) is 0. The lowest BCUT2D eigenvalue weighted by Crippen LogP contribution is -2.28. The summed E-state index contributed by atoms with van der Waals surface area (Å²) < 4.78 is 4.97. The number of rotatable bonds is 0. The molecule has 1 fully saturated rings. The van der Waals surface area contributed by atoms with Crippen molar-refractivity contribution < 1.29 is 9.53 Å². The van der Waals surface area contributed by atoms with E-state index in [-0.39, 0.29) is 11.9 Å². The Morgan fingerprint density at radius 2 is 2.25 bits per heavy atom. The van der Waals surface area contributed by atoms with Crippen LogP contribution in [-0.4, -0.2) is 5.97 Å². The highest BCUT2D eigenvalue weighted by atomic mass is 16.5. The lowest BCUT2D eigenvalue weighted by Gasteiger charge is -2.25. The molecule has 2 rings (SSSR count). The van der Waals surface area contributed by atoms with Gasteiger partial charge in [-0.2, -0.15) is 0 Å². The molecule has 66 valence electrons. The Hall–Kier alpha value is -0.790. The summed E-state index contributed by atoms with van der Waals surface area (Å²) in [4.78, 5) is 11.4. The van der Waals surface area contributed by atoms with Crippen LogP contribution in [0.2, 0.25) is 0 Å². The van der Waals surface area contributed by atoms with Crippen LogP contribution in [0.1, 0.15) is 26.7 Å². The molecular formula is C10H14O2. The fourth-order valence-corrected chi connectivity index (χ4v) is 2.42. The van der Waals surface area contributed by atoms with Crippen LogP contribution in [0.5, 0.6) is 0 Å². The van der Waals surface area contributed by atoms with Gasteiger partial charge in [0.15, 0.2) is 0 Å². The first-order valence-electron chi connectivity index (χ1n) is 4.57. The van der Waals surface area contributed by atoms with Crippen molar-refractivity contribution in [3.8, 4) is 0 Å². The Morgan fingerprint density at radius 3 is 2.92 bits per heavy atom.